The lowest BCUT2D eigenvalue weighted by molar-refractivity contribution is -0.161. The number of hydrogen-bond acceptors (Lipinski definition) is 15. The maximum absolute atomic E-state index is 13.1. The van der Waals surface area contributed by atoms with Gasteiger partial charge in [-0.05, 0) is 31.6 Å². The largest absolute Gasteiger partial charge is 0.472 e. The van der Waals surface area contributed by atoms with Crippen molar-refractivity contribution in [3.63, 3.8) is 0 Å². The Balaban J connectivity index is 5.15. The normalized spacial score (nSPS) is 13.9. The molecular weight excluding hydrogens is 1270 g/mol. The number of phosphoric ester groups is 2. The summed E-state index contributed by atoms with van der Waals surface area (Å²) < 4.78 is 68.4. The van der Waals surface area contributed by atoms with Crippen molar-refractivity contribution < 1.29 is 80.2 Å². The molecule has 3 N–H and O–H groups in total. The molecule has 0 radical (unpaired) electrons. The van der Waals surface area contributed by atoms with E-state index in [-0.39, 0.29) is 25.7 Å². The van der Waals surface area contributed by atoms with Crippen LogP contribution in [0.15, 0.2) is 0 Å². The standard InChI is InChI=1S/C78H152O17P2/c1-6-9-12-15-18-20-22-23-24-25-29-32-35-39-42-47-52-57-62-76(81)89-68-74(95-78(83)64-59-54-49-44-40-36-33-30-27-26-28-31-34-38-41-46-50-55-60-71(4)5)70-93-97(86,87)91-66-72(79)65-90-96(84,85)92-69-73(67-88-75(80)61-56-51-45-17-14-11-8-3)94-77(82)63-58-53-48-43-37-21-19-16-13-10-7-2/h71-74,79H,6-70H2,1-5H3,(H,84,85)(H,86,87)/t72-,73+,74+/m0/s1. The molecule has 19 heteroatoms. The highest BCUT2D eigenvalue weighted by Gasteiger charge is 2.30. The molecule has 0 rings (SSSR count). The highest BCUT2D eigenvalue weighted by molar-refractivity contribution is 7.47. The smallest absolute Gasteiger partial charge is 0.462 e. The summed E-state index contributed by atoms with van der Waals surface area (Å²) in [6.07, 6.45) is 61.3. The summed E-state index contributed by atoms with van der Waals surface area (Å²) in [4.78, 5) is 72.7. The average Bonchev–Trinajstić information content (AvgIpc) is 1.48. The van der Waals surface area contributed by atoms with Crippen LogP contribution >= 0.6 is 15.6 Å². The number of carbonyl (C=O) groups excluding carboxylic acids is 4. The fourth-order valence-corrected chi connectivity index (χ4v) is 13.6. The molecule has 0 aliphatic carbocycles. The van der Waals surface area contributed by atoms with E-state index in [1.165, 1.54) is 225 Å². The predicted molar refractivity (Wildman–Crippen MR) is 395 cm³/mol. The predicted octanol–water partition coefficient (Wildman–Crippen LogP) is 23.3. The van der Waals surface area contributed by atoms with Crippen molar-refractivity contribution in [1.82, 2.24) is 0 Å². The van der Waals surface area contributed by atoms with Crippen LogP contribution in [0.2, 0.25) is 0 Å². The Hall–Kier alpha value is -1.94. The highest BCUT2D eigenvalue weighted by atomic mass is 31.2. The highest BCUT2D eigenvalue weighted by Crippen LogP contribution is 2.45. The van der Waals surface area contributed by atoms with Gasteiger partial charge in [0.1, 0.15) is 19.3 Å². The molecule has 0 aromatic heterocycles. The summed E-state index contributed by atoms with van der Waals surface area (Å²) in [5.74, 6) is -1.30. The first-order valence-corrected chi connectivity index (χ1v) is 43.6. The molecule has 97 heavy (non-hydrogen) atoms. The van der Waals surface area contributed by atoms with Crippen LogP contribution in [0, 0.1) is 5.92 Å². The van der Waals surface area contributed by atoms with Crippen LogP contribution in [-0.2, 0) is 65.4 Å². The molecule has 0 aromatic rings. The number of carbonyl (C=O) groups is 4. The zero-order valence-electron chi connectivity index (χ0n) is 63.2. The maximum atomic E-state index is 13.1. The lowest BCUT2D eigenvalue weighted by atomic mass is 10.0. The summed E-state index contributed by atoms with van der Waals surface area (Å²) in [5, 5.41) is 10.6. The molecule has 5 atom stereocenters. The van der Waals surface area contributed by atoms with E-state index < -0.39 is 97.5 Å². The number of rotatable bonds is 78. The van der Waals surface area contributed by atoms with Gasteiger partial charge >= 0.3 is 39.5 Å². The first-order chi connectivity index (χ1) is 47.0. The Kier molecular flexibility index (Phi) is 69.6. The van der Waals surface area contributed by atoms with Crippen molar-refractivity contribution in [1.29, 1.82) is 0 Å². The molecule has 0 bridgehead atoms. The third-order valence-corrected chi connectivity index (χ3v) is 20.2. The molecule has 0 fully saturated rings. The Labute approximate surface area is 594 Å². The maximum Gasteiger partial charge on any atom is 0.472 e. The van der Waals surface area contributed by atoms with Gasteiger partial charge in [0.25, 0.3) is 0 Å². The van der Waals surface area contributed by atoms with Gasteiger partial charge in [0.05, 0.1) is 26.4 Å². The minimum absolute atomic E-state index is 0.107. The molecule has 0 saturated heterocycles. The Morgan fingerprint density at radius 3 is 0.701 bits per heavy atom. The van der Waals surface area contributed by atoms with Crippen molar-refractivity contribution in [3.05, 3.63) is 0 Å². The van der Waals surface area contributed by atoms with E-state index >= 15 is 0 Å². The van der Waals surface area contributed by atoms with Crippen molar-refractivity contribution in [2.45, 2.75) is 432 Å². The molecule has 0 aliphatic heterocycles. The molecule has 2 unspecified atom stereocenters. The zero-order valence-corrected chi connectivity index (χ0v) is 65.0. The van der Waals surface area contributed by atoms with Crippen LogP contribution in [0.4, 0.5) is 0 Å². The SMILES string of the molecule is CCCCCCCCCCCCCCCCCCCCC(=O)OC[C@H](COP(=O)(O)OC[C@@H](O)COP(=O)(O)OC[C@@H](COC(=O)CCCCCCCCC)OC(=O)CCCCCCCCCCCCC)OC(=O)CCCCCCCCCCCCCCCCCCCCC(C)C. The van der Waals surface area contributed by atoms with E-state index in [2.05, 4.69) is 34.6 Å². The second-order valence-corrected chi connectivity index (χ2v) is 31.5. The topological polar surface area (TPSA) is 237 Å². The van der Waals surface area contributed by atoms with E-state index in [1.54, 1.807) is 0 Å². The van der Waals surface area contributed by atoms with Crippen LogP contribution in [-0.4, -0.2) is 96.7 Å². The van der Waals surface area contributed by atoms with Gasteiger partial charge in [-0.25, -0.2) is 9.13 Å². The van der Waals surface area contributed by atoms with E-state index in [9.17, 15) is 43.2 Å². The summed E-state index contributed by atoms with van der Waals surface area (Å²) in [5.41, 5.74) is 0. The van der Waals surface area contributed by atoms with E-state index in [0.717, 1.165) is 109 Å². The number of unbranched alkanes of at least 4 members (excludes halogenated alkanes) is 50. The number of ether oxygens (including phenoxy) is 4. The van der Waals surface area contributed by atoms with Gasteiger partial charge in [0.2, 0.25) is 0 Å². The third-order valence-electron chi connectivity index (χ3n) is 18.3. The third kappa shape index (κ3) is 72.2. The lowest BCUT2D eigenvalue weighted by Gasteiger charge is -2.21. The molecule has 0 saturated carbocycles. The van der Waals surface area contributed by atoms with Gasteiger partial charge in [0.15, 0.2) is 12.2 Å². The number of aliphatic hydroxyl groups is 1. The van der Waals surface area contributed by atoms with E-state index in [1.807, 2.05) is 0 Å². The number of phosphoric acid groups is 2. The Bertz CT molecular complexity index is 1860. The second-order valence-electron chi connectivity index (χ2n) is 28.6. The average molecular weight is 1420 g/mol. The van der Waals surface area contributed by atoms with Gasteiger partial charge in [-0.3, -0.25) is 37.3 Å². The molecule has 576 valence electrons. The summed E-state index contributed by atoms with van der Waals surface area (Å²) in [6, 6.07) is 0. The Morgan fingerprint density at radius 1 is 0.278 bits per heavy atom. The molecule has 17 nitrogen and oxygen atoms in total. The van der Waals surface area contributed by atoms with Crippen LogP contribution in [0.25, 0.3) is 0 Å². The van der Waals surface area contributed by atoms with Gasteiger partial charge < -0.3 is 33.8 Å². The fourth-order valence-electron chi connectivity index (χ4n) is 12.1. The van der Waals surface area contributed by atoms with Gasteiger partial charge in [-0.15, -0.1) is 0 Å². The van der Waals surface area contributed by atoms with Crippen molar-refractivity contribution in [2.24, 2.45) is 5.92 Å². The monoisotopic (exact) mass is 1420 g/mol. The minimum Gasteiger partial charge on any atom is -0.462 e. The van der Waals surface area contributed by atoms with E-state index in [4.69, 9.17) is 37.0 Å². The lowest BCUT2D eigenvalue weighted by Crippen LogP contribution is -2.30. The molecule has 0 aliphatic rings. The minimum atomic E-state index is -4.96. The van der Waals surface area contributed by atoms with Crippen LogP contribution in [0.5, 0.6) is 0 Å². The second kappa shape index (κ2) is 71.1. The molecule has 0 amide bonds. The van der Waals surface area contributed by atoms with Gasteiger partial charge in [0, 0.05) is 25.7 Å². The molecule has 0 heterocycles. The fraction of sp³-hybridized carbons (Fsp3) is 0.949. The number of aliphatic hydroxyl groups excluding tert-OH is 1. The molecule has 0 spiro atoms. The summed E-state index contributed by atoms with van der Waals surface area (Å²) in [7, 11) is -9.90. The number of hydrogen-bond donors (Lipinski definition) is 3. The van der Waals surface area contributed by atoms with Crippen LogP contribution < -0.4 is 0 Å². The number of esters is 4. The molecular formula is C78H152O17P2. The summed E-state index contributed by atoms with van der Waals surface area (Å²) >= 11 is 0. The Morgan fingerprint density at radius 2 is 0.474 bits per heavy atom. The van der Waals surface area contributed by atoms with Crippen LogP contribution in [0.1, 0.15) is 413 Å². The van der Waals surface area contributed by atoms with Gasteiger partial charge in [-0.1, -0.05) is 362 Å². The zero-order chi connectivity index (χ0) is 71.2. The van der Waals surface area contributed by atoms with Crippen LogP contribution in [0.3, 0.4) is 0 Å². The van der Waals surface area contributed by atoms with Crippen molar-refractivity contribution in [2.75, 3.05) is 39.6 Å². The van der Waals surface area contributed by atoms with Crippen molar-refractivity contribution in [3.8, 4) is 0 Å². The quantitative estimate of drug-likeness (QED) is 0.0222. The first kappa shape index (κ1) is 95.1. The van der Waals surface area contributed by atoms with E-state index in [0.29, 0.717) is 25.7 Å². The van der Waals surface area contributed by atoms with Crippen molar-refractivity contribution >= 4 is 39.5 Å². The van der Waals surface area contributed by atoms with Gasteiger partial charge in [-0.2, -0.15) is 0 Å². The summed E-state index contributed by atoms with van der Waals surface area (Å²) in [6.45, 7) is 7.30. The first-order valence-electron chi connectivity index (χ1n) is 40.6. The molecule has 0 aromatic carbocycles.